The fourth-order valence-corrected chi connectivity index (χ4v) is 4.60. The Bertz CT molecular complexity index is 1190. The van der Waals surface area contributed by atoms with Crippen LogP contribution in [0.5, 0.6) is 0 Å². The Morgan fingerprint density at radius 2 is 1.67 bits per heavy atom. The lowest BCUT2D eigenvalue weighted by Gasteiger charge is -2.25. The van der Waals surface area contributed by atoms with Crippen molar-refractivity contribution in [2.45, 2.75) is 11.8 Å². The molecule has 156 valence electrons. The van der Waals surface area contributed by atoms with Crippen LogP contribution in [-0.4, -0.2) is 20.9 Å². The van der Waals surface area contributed by atoms with Crippen molar-refractivity contribution in [1.29, 1.82) is 0 Å². The summed E-state index contributed by atoms with van der Waals surface area (Å²) in [5, 5.41) is 2.53. The van der Waals surface area contributed by atoms with Crippen molar-refractivity contribution in [3.8, 4) is 0 Å². The SMILES string of the molecule is Cc1ccc(S(=O)(=O)N(CC(=O)Nc2ccc(F)c(Cl)c2)c2ccccc2Cl)cc1. The van der Waals surface area contributed by atoms with Gasteiger partial charge in [0.25, 0.3) is 10.0 Å². The molecule has 0 aromatic heterocycles. The first kappa shape index (κ1) is 22.1. The van der Waals surface area contributed by atoms with Crippen molar-refractivity contribution in [3.05, 3.63) is 88.2 Å². The summed E-state index contributed by atoms with van der Waals surface area (Å²) < 4.78 is 40.9. The molecule has 0 radical (unpaired) electrons. The molecule has 0 heterocycles. The zero-order valence-electron chi connectivity index (χ0n) is 15.8. The van der Waals surface area contributed by atoms with Crippen molar-refractivity contribution in [3.63, 3.8) is 0 Å². The quantitative estimate of drug-likeness (QED) is 0.537. The monoisotopic (exact) mass is 466 g/mol. The summed E-state index contributed by atoms with van der Waals surface area (Å²) in [6.45, 7) is 1.29. The van der Waals surface area contributed by atoms with Gasteiger partial charge in [-0.05, 0) is 49.4 Å². The summed E-state index contributed by atoms with van der Waals surface area (Å²) in [5.41, 5.74) is 1.29. The van der Waals surface area contributed by atoms with Crippen molar-refractivity contribution in [2.24, 2.45) is 0 Å². The molecule has 0 unspecified atom stereocenters. The predicted octanol–water partition coefficient (Wildman–Crippen LogP) is 5.27. The molecule has 0 atom stereocenters. The number of carbonyl (C=O) groups excluding carboxylic acids is 1. The van der Waals surface area contributed by atoms with E-state index in [4.69, 9.17) is 23.2 Å². The maximum absolute atomic E-state index is 13.3. The van der Waals surface area contributed by atoms with Crippen molar-refractivity contribution in [2.75, 3.05) is 16.2 Å². The number of benzene rings is 3. The number of hydrogen-bond acceptors (Lipinski definition) is 3. The molecule has 3 rings (SSSR count). The highest BCUT2D eigenvalue weighted by atomic mass is 35.5. The summed E-state index contributed by atoms with van der Waals surface area (Å²) in [4.78, 5) is 12.7. The van der Waals surface area contributed by atoms with Crippen LogP contribution >= 0.6 is 23.2 Å². The molecule has 0 aliphatic heterocycles. The maximum atomic E-state index is 13.3. The van der Waals surface area contributed by atoms with E-state index in [9.17, 15) is 17.6 Å². The number of rotatable bonds is 6. The van der Waals surface area contributed by atoms with Gasteiger partial charge >= 0.3 is 0 Å². The molecule has 0 aliphatic carbocycles. The number of nitrogens with zero attached hydrogens (tertiary/aromatic N) is 1. The molecule has 5 nitrogen and oxygen atoms in total. The Hall–Kier alpha value is -2.61. The number of aryl methyl sites for hydroxylation is 1. The smallest absolute Gasteiger partial charge is 0.264 e. The second-order valence-electron chi connectivity index (χ2n) is 6.45. The lowest BCUT2D eigenvalue weighted by molar-refractivity contribution is -0.114. The lowest BCUT2D eigenvalue weighted by atomic mass is 10.2. The van der Waals surface area contributed by atoms with E-state index in [0.717, 1.165) is 15.9 Å². The molecule has 0 aliphatic rings. The molecule has 0 spiro atoms. The highest BCUT2D eigenvalue weighted by Crippen LogP contribution is 2.30. The zero-order valence-corrected chi connectivity index (χ0v) is 18.1. The van der Waals surface area contributed by atoms with Gasteiger partial charge in [0.15, 0.2) is 0 Å². The fraction of sp³-hybridized carbons (Fsp3) is 0.0952. The highest BCUT2D eigenvalue weighted by Gasteiger charge is 2.28. The number of nitrogens with one attached hydrogen (secondary N) is 1. The summed E-state index contributed by atoms with van der Waals surface area (Å²) in [7, 11) is -4.09. The molecule has 0 bridgehead atoms. The Morgan fingerprint density at radius 3 is 2.30 bits per heavy atom. The van der Waals surface area contributed by atoms with Crippen LogP contribution in [0.25, 0.3) is 0 Å². The second-order valence-corrected chi connectivity index (χ2v) is 9.13. The third-order valence-corrected chi connectivity index (χ3v) is 6.60. The molecule has 30 heavy (non-hydrogen) atoms. The lowest BCUT2D eigenvalue weighted by Crippen LogP contribution is -2.38. The average Bonchev–Trinajstić information content (AvgIpc) is 2.70. The third kappa shape index (κ3) is 4.92. The molecular formula is C21H17Cl2FN2O3S. The molecule has 3 aromatic carbocycles. The molecule has 0 saturated heterocycles. The van der Waals surface area contributed by atoms with Crippen LogP contribution in [0.4, 0.5) is 15.8 Å². The Kier molecular flexibility index (Phi) is 6.65. The van der Waals surface area contributed by atoms with E-state index in [1.54, 1.807) is 24.3 Å². The van der Waals surface area contributed by atoms with Gasteiger partial charge in [-0.1, -0.05) is 53.0 Å². The van der Waals surface area contributed by atoms with Gasteiger partial charge in [0, 0.05) is 5.69 Å². The van der Waals surface area contributed by atoms with Crippen LogP contribution in [0.3, 0.4) is 0 Å². The van der Waals surface area contributed by atoms with Crippen LogP contribution in [0.1, 0.15) is 5.56 Å². The first-order valence-electron chi connectivity index (χ1n) is 8.77. The van der Waals surface area contributed by atoms with E-state index in [-0.39, 0.29) is 26.3 Å². The van der Waals surface area contributed by atoms with Crippen molar-refractivity contribution >= 4 is 50.5 Å². The standard InChI is InChI=1S/C21H17Cl2FN2O3S/c1-14-6-9-16(10-7-14)30(28,29)26(20-5-3-2-4-17(20)22)13-21(27)25-15-8-11-19(24)18(23)12-15/h2-12H,13H2,1H3,(H,25,27). The molecule has 9 heteroatoms. The number of halogens is 3. The van der Waals surface area contributed by atoms with Gasteiger partial charge in [0.2, 0.25) is 5.91 Å². The van der Waals surface area contributed by atoms with Gasteiger partial charge < -0.3 is 5.32 Å². The number of carbonyl (C=O) groups is 1. The zero-order chi connectivity index (χ0) is 21.9. The number of sulfonamides is 1. The van der Waals surface area contributed by atoms with Gasteiger partial charge in [-0.25, -0.2) is 12.8 Å². The highest BCUT2D eigenvalue weighted by molar-refractivity contribution is 7.92. The van der Waals surface area contributed by atoms with E-state index in [1.807, 2.05) is 6.92 Å². The number of anilines is 2. The minimum atomic E-state index is -4.09. The van der Waals surface area contributed by atoms with Crippen LogP contribution in [0.2, 0.25) is 10.0 Å². The van der Waals surface area contributed by atoms with E-state index >= 15 is 0 Å². The molecule has 1 amide bonds. The summed E-state index contributed by atoms with van der Waals surface area (Å²) in [6, 6.07) is 16.3. The molecule has 0 fully saturated rings. The third-order valence-electron chi connectivity index (χ3n) is 4.22. The first-order valence-corrected chi connectivity index (χ1v) is 11.0. The predicted molar refractivity (Wildman–Crippen MR) is 117 cm³/mol. The largest absolute Gasteiger partial charge is 0.324 e. The number of amides is 1. The maximum Gasteiger partial charge on any atom is 0.264 e. The fourth-order valence-electron chi connectivity index (χ4n) is 2.70. The summed E-state index contributed by atoms with van der Waals surface area (Å²) in [5.74, 6) is -1.28. The Morgan fingerprint density at radius 1 is 1.00 bits per heavy atom. The second kappa shape index (κ2) is 9.04. The van der Waals surface area contributed by atoms with Gasteiger partial charge in [0.05, 0.1) is 20.6 Å². The van der Waals surface area contributed by atoms with E-state index < -0.39 is 28.3 Å². The molecule has 3 aromatic rings. The molecule has 1 N–H and O–H groups in total. The first-order chi connectivity index (χ1) is 14.2. The van der Waals surface area contributed by atoms with Crippen LogP contribution in [0, 0.1) is 12.7 Å². The Balaban J connectivity index is 1.95. The average molecular weight is 467 g/mol. The normalized spacial score (nSPS) is 11.2. The van der Waals surface area contributed by atoms with E-state index in [0.29, 0.717) is 0 Å². The van der Waals surface area contributed by atoms with Crippen molar-refractivity contribution < 1.29 is 17.6 Å². The van der Waals surface area contributed by atoms with Crippen LogP contribution in [0.15, 0.2) is 71.6 Å². The number of para-hydroxylation sites is 1. The molecular weight excluding hydrogens is 450 g/mol. The van der Waals surface area contributed by atoms with Crippen LogP contribution in [-0.2, 0) is 14.8 Å². The van der Waals surface area contributed by atoms with Gasteiger partial charge in [-0.15, -0.1) is 0 Å². The summed E-state index contributed by atoms with van der Waals surface area (Å²) in [6.07, 6.45) is 0. The minimum absolute atomic E-state index is 0.0191. The number of hydrogen-bond donors (Lipinski definition) is 1. The van der Waals surface area contributed by atoms with Gasteiger partial charge in [-0.2, -0.15) is 0 Å². The molecule has 0 saturated carbocycles. The van der Waals surface area contributed by atoms with Gasteiger partial charge in [-0.3, -0.25) is 9.10 Å². The van der Waals surface area contributed by atoms with Gasteiger partial charge in [0.1, 0.15) is 12.4 Å². The Labute approximate surface area is 184 Å². The van der Waals surface area contributed by atoms with E-state index in [2.05, 4.69) is 5.32 Å². The minimum Gasteiger partial charge on any atom is -0.324 e. The van der Waals surface area contributed by atoms with E-state index in [1.165, 1.54) is 36.4 Å². The van der Waals surface area contributed by atoms with Crippen LogP contribution < -0.4 is 9.62 Å². The topological polar surface area (TPSA) is 66.5 Å². The summed E-state index contributed by atoms with van der Waals surface area (Å²) >= 11 is 12.0. The van der Waals surface area contributed by atoms with Crippen molar-refractivity contribution in [1.82, 2.24) is 0 Å².